The van der Waals surface area contributed by atoms with Crippen LogP contribution >= 0.6 is 0 Å². The van der Waals surface area contributed by atoms with E-state index in [1.54, 1.807) is 12.1 Å². The Hall–Kier alpha value is -1.59. The van der Waals surface area contributed by atoms with Crippen molar-refractivity contribution in [2.45, 2.75) is 18.6 Å². The van der Waals surface area contributed by atoms with E-state index in [-0.39, 0.29) is 6.42 Å². The quantitative estimate of drug-likeness (QED) is 0.699. The van der Waals surface area contributed by atoms with Crippen molar-refractivity contribution < 1.29 is 15.0 Å². The fourth-order valence-electron chi connectivity index (χ4n) is 1.53. The standard InChI is InChI=1S/C12H18N2O3/c1-14(2)9-5-3-8(4-6-9)12(17)10(13)7-11(15)16/h3-6,10,12,17H,7,13H2,1-2H3,(H,15,16). The highest BCUT2D eigenvalue weighted by atomic mass is 16.4. The zero-order valence-electron chi connectivity index (χ0n) is 10.00. The number of carbonyl (C=O) groups is 1. The fraction of sp³-hybridized carbons (Fsp3) is 0.417. The van der Waals surface area contributed by atoms with Crippen molar-refractivity contribution in [3.63, 3.8) is 0 Å². The van der Waals surface area contributed by atoms with Crippen LogP contribution in [0.1, 0.15) is 18.1 Å². The van der Waals surface area contributed by atoms with E-state index >= 15 is 0 Å². The van der Waals surface area contributed by atoms with E-state index in [9.17, 15) is 9.90 Å². The molecule has 4 N–H and O–H groups in total. The predicted molar refractivity (Wildman–Crippen MR) is 66.0 cm³/mol. The van der Waals surface area contributed by atoms with Gasteiger partial charge in [-0.25, -0.2) is 0 Å². The maximum Gasteiger partial charge on any atom is 0.305 e. The van der Waals surface area contributed by atoms with Crippen LogP contribution in [0, 0.1) is 0 Å². The lowest BCUT2D eigenvalue weighted by Crippen LogP contribution is -2.30. The summed E-state index contributed by atoms with van der Waals surface area (Å²) in [6.45, 7) is 0. The van der Waals surface area contributed by atoms with Gasteiger partial charge in [0.15, 0.2) is 0 Å². The third kappa shape index (κ3) is 3.72. The molecule has 1 rings (SSSR count). The molecule has 0 aromatic heterocycles. The van der Waals surface area contributed by atoms with Crippen LogP contribution in [0.4, 0.5) is 5.69 Å². The Bertz CT molecular complexity index is 376. The van der Waals surface area contributed by atoms with Gasteiger partial charge in [-0.15, -0.1) is 0 Å². The molecule has 5 nitrogen and oxygen atoms in total. The molecule has 0 fully saturated rings. The third-order valence-electron chi connectivity index (χ3n) is 2.57. The molecule has 0 saturated carbocycles. The summed E-state index contributed by atoms with van der Waals surface area (Å²) in [5.74, 6) is -1.01. The molecule has 0 aliphatic rings. The Balaban J connectivity index is 2.75. The summed E-state index contributed by atoms with van der Waals surface area (Å²) in [5.41, 5.74) is 7.24. The van der Waals surface area contributed by atoms with Crippen LogP contribution in [0.3, 0.4) is 0 Å². The molecule has 1 aromatic carbocycles. The number of carboxylic acid groups (broad SMARTS) is 1. The second kappa shape index (κ2) is 5.65. The van der Waals surface area contributed by atoms with Crippen LogP contribution < -0.4 is 10.6 Å². The van der Waals surface area contributed by atoms with Gasteiger partial charge < -0.3 is 20.8 Å². The first-order valence-corrected chi connectivity index (χ1v) is 5.34. The van der Waals surface area contributed by atoms with Gasteiger partial charge in [-0.1, -0.05) is 12.1 Å². The second-order valence-electron chi connectivity index (χ2n) is 4.19. The predicted octanol–water partition coefficient (Wildman–Crippen LogP) is 0.588. The molecule has 0 amide bonds. The minimum absolute atomic E-state index is 0.253. The molecule has 17 heavy (non-hydrogen) atoms. The lowest BCUT2D eigenvalue weighted by molar-refractivity contribution is -0.138. The van der Waals surface area contributed by atoms with Crippen molar-refractivity contribution in [3.05, 3.63) is 29.8 Å². The lowest BCUT2D eigenvalue weighted by atomic mass is 10.0. The highest BCUT2D eigenvalue weighted by molar-refractivity contribution is 5.67. The van der Waals surface area contributed by atoms with Gasteiger partial charge in [0.25, 0.3) is 0 Å². The molecule has 1 aromatic rings. The number of hydrogen-bond donors (Lipinski definition) is 3. The van der Waals surface area contributed by atoms with Gasteiger partial charge >= 0.3 is 5.97 Å². The number of rotatable bonds is 5. The van der Waals surface area contributed by atoms with E-state index < -0.39 is 18.1 Å². The minimum Gasteiger partial charge on any atom is -0.481 e. The maximum atomic E-state index is 10.5. The fourth-order valence-corrected chi connectivity index (χ4v) is 1.53. The molecular formula is C12H18N2O3. The van der Waals surface area contributed by atoms with Crippen molar-refractivity contribution in [3.8, 4) is 0 Å². The van der Waals surface area contributed by atoms with Crippen LogP contribution in [0.5, 0.6) is 0 Å². The Morgan fingerprint density at radius 2 is 1.88 bits per heavy atom. The zero-order valence-corrected chi connectivity index (χ0v) is 10.00. The van der Waals surface area contributed by atoms with Gasteiger partial charge in [0.2, 0.25) is 0 Å². The summed E-state index contributed by atoms with van der Waals surface area (Å²) < 4.78 is 0. The Kier molecular flexibility index (Phi) is 4.48. The van der Waals surface area contributed by atoms with Crippen molar-refractivity contribution in [2.75, 3.05) is 19.0 Å². The van der Waals surface area contributed by atoms with E-state index in [2.05, 4.69) is 0 Å². The number of aliphatic carboxylic acids is 1. The number of aliphatic hydroxyl groups excluding tert-OH is 1. The first-order valence-electron chi connectivity index (χ1n) is 5.34. The van der Waals surface area contributed by atoms with Crippen molar-refractivity contribution in [1.82, 2.24) is 0 Å². The molecule has 0 spiro atoms. The number of benzene rings is 1. The SMILES string of the molecule is CN(C)c1ccc(C(O)C(N)CC(=O)O)cc1. The first kappa shape index (κ1) is 13.5. The number of nitrogens with two attached hydrogens (primary N) is 1. The summed E-state index contributed by atoms with van der Waals surface area (Å²) in [6, 6.07) is 6.42. The van der Waals surface area contributed by atoms with E-state index in [1.807, 2.05) is 31.1 Å². The third-order valence-corrected chi connectivity index (χ3v) is 2.57. The molecule has 2 unspecified atom stereocenters. The number of nitrogens with zero attached hydrogens (tertiary/aromatic N) is 1. The summed E-state index contributed by atoms with van der Waals surface area (Å²) >= 11 is 0. The van der Waals surface area contributed by atoms with Gasteiger partial charge in [0.05, 0.1) is 12.5 Å². The molecule has 2 atom stereocenters. The summed E-state index contributed by atoms with van der Waals surface area (Å²) in [6.07, 6.45) is -1.21. The highest BCUT2D eigenvalue weighted by Gasteiger charge is 2.19. The Labute approximate surface area is 100 Å². The molecule has 0 radical (unpaired) electrons. The van der Waals surface area contributed by atoms with Gasteiger partial charge in [0.1, 0.15) is 0 Å². The molecule has 0 bridgehead atoms. The summed E-state index contributed by atoms with van der Waals surface area (Å²) in [4.78, 5) is 12.4. The van der Waals surface area contributed by atoms with E-state index in [4.69, 9.17) is 10.8 Å². The van der Waals surface area contributed by atoms with Crippen LogP contribution in [0.2, 0.25) is 0 Å². The summed E-state index contributed by atoms with van der Waals surface area (Å²) in [7, 11) is 3.84. The molecule has 0 saturated heterocycles. The van der Waals surface area contributed by atoms with Gasteiger partial charge in [-0.3, -0.25) is 4.79 Å². The molecule has 0 heterocycles. The average Bonchev–Trinajstić information content (AvgIpc) is 2.27. The first-order chi connectivity index (χ1) is 7.91. The average molecular weight is 238 g/mol. The molecule has 5 heteroatoms. The smallest absolute Gasteiger partial charge is 0.305 e. The number of aliphatic hydroxyl groups is 1. The second-order valence-corrected chi connectivity index (χ2v) is 4.19. The number of hydrogen-bond acceptors (Lipinski definition) is 4. The number of carboxylic acids is 1. The van der Waals surface area contributed by atoms with Crippen LogP contribution in [0.25, 0.3) is 0 Å². The Morgan fingerprint density at radius 3 is 2.29 bits per heavy atom. The van der Waals surface area contributed by atoms with Crippen LogP contribution in [0.15, 0.2) is 24.3 Å². The lowest BCUT2D eigenvalue weighted by Gasteiger charge is -2.19. The van der Waals surface area contributed by atoms with E-state index in [0.29, 0.717) is 5.56 Å². The zero-order chi connectivity index (χ0) is 13.0. The molecule has 0 aliphatic heterocycles. The minimum atomic E-state index is -1.01. The van der Waals surface area contributed by atoms with Gasteiger partial charge in [-0.05, 0) is 17.7 Å². The van der Waals surface area contributed by atoms with Crippen LogP contribution in [-0.4, -0.2) is 36.3 Å². The van der Waals surface area contributed by atoms with Gasteiger partial charge in [-0.2, -0.15) is 0 Å². The van der Waals surface area contributed by atoms with Crippen LogP contribution in [-0.2, 0) is 4.79 Å². The Morgan fingerprint density at radius 1 is 1.35 bits per heavy atom. The highest BCUT2D eigenvalue weighted by Crippen LogP contribution is 2.20. The maximum absolute atomic E-state index is 10.5. The van der Waals surface area contributed by atoms with E-state index in [1.165, 1.54) is 0 Å². The van der Waals surface area contributed by atoms with E-state index in [0.717, 1.165) is 5.69 Å². The topological polar surface area (TPSA) is 86.8 Å². The normalized spacial score (nSPS) is 14.1. The molecule has 94 valence electrons. The largest absolute Gasteiger partial charge is 0.481 e. The molecular weight excluding hydrogens is 220 g/mol. The van der Waals surface area contributed by atoms with Crippen molar-refractivity contribution in [2.24, 2.45) is 5.73 Å². The van der Waals surface area contributed by atoms with Crippen molar-refractivity contribution in [1.29, 1.82) is 0 Å². The van der Waals surface area contributed by atoms with Gasteiger partial charge in [0, 0.05) is 25.8 Å². The number of anilines is 1. The summed E-state index contributed by atoms with van der Waals surface area (Å²) in [5, 5.41) is 18.5. The van der Waals surface area contributed by atoms with Crippen molar-refractivity contribution >= 4 is 11.7 Å². The monoisotopic (exact) mass is 238 g/mol. The molecule has 0 aliphatic carbocycles.